The van der Waals surface area contributed by atoms with Crippen molar-refractivity contribution in [1.29, 1.82) is 0 Å². The van der Waals surface area contributed by atoms with Crippen molar-refractivity contribution in [2.75, 3.05) is 33.4 Å². The molecule has 4 nitrogen and oxygen atoms in total. The number of nitrogens with one attached hydrogen (secondary N) is 2. The molecule has 0 aliphatic rings. The first-order valence-corrected chi connectivity index (χ1v) is 6.72. The van der Waals surface area contributed by atoms with Crippen molar-refractivity contribution in [3.05, 3.63) is 0 Å². The smallest absolute Gasteiger partial charge is 0.166 e. The standard InChI is InChI=1S/C12H27N3OS/c1-6-15(7-2)8-10(3)13-12(17)14-11(4)9-16-5/h10-11H,6-9H2,1-5H3,(H2,13,14,17). The lowest BCUT2D eigenvalue weighted by Gasteiger charge is -2.25. The number of rotatable bonds is 8. The quantitative estimate of drug-likeness (QED) is 0.643. The predicted molar refractivity (Wildman–Crippen MR) is 77.5 cm³/mol. The Balaban J connectivity index is 3.86. The molecule has 2 unspecified atom stereocenters. The van der Waals surface area contributed by atoms with Crippen molar-refractivity contribution in [2.45, 2.75) is 39.8 Å². The van der Waals surface area contributed by atoms with Crippen LogP contribution in [-0.2, 0) is 4.74 Å². The maximum Gasteiger partial charge on any atom is 0.166 e. The molecular formula is C12H27N3OS. The second-order valence-corrected chi connectivity index (χ2v) is 4.77. The molecule has 0 saturated carbocycles. The van der Waals surface area contributed by atoms with Gasteiger partial charge in [0.05, 0.1) is 6.61 Å². The Morgan fingerprint density at radius 2 is 1.71 bits per heavy atom. The predicted octanol–water partition coefficient (Wildman–Crippen LogP) is 1.22. The maximum absolute atomic E-state index is 5.25. The summed E-state index contributed by atoms with van der Waals surface area (Å²) in [6, 6.07) is 0.588. The summed E-state index contributed by atoms with van der Waals surface area (Å²) in [4.78, 5) is 2.37. The second kappa shape index (κ2) is 9.62. The van der Waals surface area contributed by atoms with Crippen LogP contribution >= 0.6 is 12.2 Å². The number of nitrogens with zero attached hydrogens (tertiary/aromatic N) is 1. The first-order valence-electron chi connectivity index (χ1n) is 6.31. The highest BCUT2D eigenvalue weighted by atomic mass is 32.1. The van der Waals surface area contributed by atoms with E-state index in [1.165, 1.54) is 0 Å². The van der Waals surface area contributed by atoms with Crippen molar-refractivity contribution in [2.24, 2.45) is 0 Å². The van der Waals surface area contributed by atoms with Crippen molar-refractivity contribution >= 4 is 17.3 Å². The van der Waals surface area contributed by atoms with Gasteiger partial charge >= 0.3 is 0 Å². The van der Waals surface area contributed by atoms with Crippen LogP contribution in [0, 0.1) is 0 Å². The van der Waals surface area contributed by atoms with E-state index < -0.39 is 0 Å². The summed E-state index contributed by atoms with van der Waals surface area (Å²) >= 11 is 5.25. The minimum Gasteiger partial charge on any atom is -0.383 e. The Kier molecular flexibility index (Phi) is 9.40. The van der Waals surface area contributed by atoms with Crippen LogP contribution in [0.2, 0.25) is 0 Å². The minimum atomic E-state index is 0.237. The lowest BCUT2D eigenvalue weighted by Crippen LogP contribution is -2.48. The lowest BCUT2D eigenvalue weighted by molar-refractivity contribution is 0.179. The van der Waals surface area contributed by atoms with Crippen LogP contribution in [0.4, 0.5) is 0 Å². The van der Waals surface area contributed by atoms with Gasteiger partial charge in [-0.1, -0.05) is 13.8 Å². The molecule has 5 heteroatoms. The molecule has 0 fully saturated rings. The van der Waals surface area contributed by atoms with Crippen LogP contribution in [0.25, 0.3) is 0 Å². The van der Waals surface area contributed by atoms with Crippen LogP contribution in [0.15, 0.2) is 0 Å². The van der Waals surface area contributed by atoms with Crippen LogP contribution < -0.4 is 10.6 Å². The van der Waals surface area contributed by atoms with Crippen LogP contribution in [0.3, 0.4) is 0 Å². The maximum atomic E-state index is 5.25. The first kappa shape index (κ1) is 16.6. The molecule has 0 aliphatic carbocycles. The number of ether oxygens (including phenoxy) is 1. The number of methoxy groups -OCH3 is 1. The van der Waals surface area contributed by atoms with Crippen molar-refractivity contribution < 1.29 is 4.74 Å². The molecule has 0 aromatic rings. The molecule has 17 heavy (non-hydrogen) atoms. The normalized spacial score (nSPS) is 14.5. The summed E-state index contributed by atoms with van der Waals surface area (Å²) in [5, 5.41) is 7.19. The molecule has 0 aromatic heterocycles. The Bertz CT molecular complexity index is 210. The van der Waals surface area contributed by atoms with E-state index >= 15 is 0 Å². The number of hydrogen-bond acceptors (Lipinski definition) is 3. The largest absolute Gasteiger partial charge is 0.383 e. The fourth-order valence-corrected chi connectivity index (χ4v) is 2.10. The molecule has 0 radical (unpaired) electrons. The van der Waals surface area contributed by atoms with Gasteiger partial charge in [-0.15, -0.1) is 0 Å². The third-order valence-electron chi connectivity index (χ3n) is 2.60. The average Bonchev–Trinajstić information content (AvgIpc) is 2.25. The van der Waals surface area contributed by atoms with E-state index in [-0.39, 0.29) is 6.04 Å². The third-order valence-corrected chi connectivity index (χ3v) is 2.83. The fraction of sp³-hybridized carbons (Fsp3) is 0.917. The van der Waals surface area contributed by atoms with Gasteiger partial charge in [0.25, 0.3) is 0 Å². The van der Waals surface area contributed by atoms with Gasteiger partial charge in [0, 0.05) is 25.7 Å². The zero-order valence-corrected chi connectivity index (χ0v) is 12.6. The zero-order valence-electron chi connectivity index (χ0n) is 11.7. The number of hydrogen-bond donors (Lipinski definition) is 2. The molecule has 0 aliphatic heterocycles. The molecule has 0 amide bonds. The van der Waals surface area contributed by atoms with E-state index in [2.05, 4.69) is 36.3 Å². The first-order chi connectivity index (χ1) is 8.03. The molecule has 0 spiro atoms. The second-order valence-electron chi connectivity index (χ2n) is 4.36. The molecule has 0 aromatic carbocycles. The van der Waals surface area contributed by atoms with Crippen LogP contribution in [0.5, 0.6) is 0 Å². The van der Waals surface area contributed by atoms with Crippen LogP contribution in [-0.4, -0.2) is 55.4 Å². The van der Waals surface area contributed by atoms with Gasteiger partial charge in [0.1, 0.15) is 0 Å². The third kappa shape index (κ3) is 8.35. The SMILES string of the molecule is CCN(CC)CC(C)NC(=S)NC(C)COC. The van der Waals surface area contributed by atoms with Crippen molar-refractivity contribution in [1.82, 2.24) is 15.5 Å². The summed E-state index contributed by atoms with van der Waals surface area (Å²) in [6.45, 7) is 12.4. The fourth-order valence-electron chi connectivity index (χ4n) is 1.70. The summed E-state index contributed by atoms with van der Waals surface area (Å²) in [6.07, 6.45) is 0. The molecule has 2 N–H and O–H groups in total. The van der Waals surface area contributed by atoms with Gasteiger partial charge in [0.15, 0.2) is 5.11 Å². The van der Waals surface area contributed by atoms with Gasteiger partial charge < -0.3 is 20.3 Å². The molecular weight excluding hydrogens is 234 g/mol. The van der Waals surface area contributed by atoms with E-state index in [9.17, 15) is 0 Å². The Morgan fingerprint density at radius 3 is 2.18 bits per heavy atom. The van der Waals surface area contributed by atoms with Gasteiger partial charge in [-0.25, -0.2) is 0 Å². The van der Waals surface area contributed by atoms with Crippen LogP contribution in [0.1, 0.15) is 27.7 Å². The Morgan fingerprint density at radius 1 is 1.18 bits per heavy atom. The van der Waals surface area contributed by atoms with E-state index in [0.29, 0.717) is 17.8 Å². The van der Waals surface area contributed by atoms with Gasteiger partial charge in [0.2, 0.25) is 0 Å². The molecule has 0 rings (SSSR count). The monoisotopic (exact) mass is 261 g/mol. The summed E-state index contributed by atoms with van der Waals surface area (Å²) in [7, 11) is 1.69. The zero-order chi connectivity index (χ0) is 13.3. The van der Waals surface area contributed by atoms with Crippen molar-refractivity contribution in [3.8, 4) is 0 Å². The van der Waals surface area contributed by atoms with Crippen molar-refractivity contribution in [3.63, 3.8) is 0 Å². The molecule has 102 valence electrons. The highest BCUT2D eigenvalue weighted by Gasteiger charge is 2.09. The van der Waals surface area contributed by atoms with Gasteiger partial charge in [-0.05, 0) is 39.2 Å². The topological polar surface area (TPSA) is 36.5 Å². The number of thiocarbonyl (C=S) groups is 1. The van der Waals surface area contributed by atoms with E-state index in [4.69, 9.17) is 17.0 Å². The lowest BCUT2D eigenvalue weighted by atomic mass is 10.3. The summed E-state index contributed by atoms with van der Waals surface area (Å²) < 4.78 is 5.05. The van der Waals surface area contributed by atoms with Gasteiger partial charge in [-0.3, -0.25) is 0 Å². The summed E-state index contributed by atoms with van der Waals surface area (Å²) in [5.74, 6) is 0. The molecule has 2 atom stereocenters. The highest BCUT2D eigenvalue weighted by Crippen LogP contribution is 1.92. The Labute approximate surface area is 111 Å². The Hall–Kier alpha value is -0.390. The van der Waals surface area contributed by atoms with E-state index in [0.717, 1.165) is 19.6 Å². The molecule has 0 saturated heterocycles. The van der Waals surface area contributed by atoms with E-state index in [1.807, 2.05) is 6.92 Å². The average molecular weight is 261 g/mol. The summed E-state index contributed by atoms with van der Waals surface area (Å²) in [5.41, 5.74) is 0. The molecule has 0 heterocycles. The minimum absolute atomic E-state index is 0.237. The van der Waals surface area contributed by atoms with E-state index in [1.54, 1.807) is 7.11 Å². The number of likely N-dealkylation sites (N-methyl/N-ethyl adjacent to an activating group) is 1. The highest BCUT2D eigenvalue weighted by molar-refractivity contribution is 7.80. The molecule has 0 bridgehead atoms. The van der Waals surface area contributed by atoms with Gasteiger partial charge in [-0.2, -0.15) is 0 Å².